The molecular weight excluding hydrogens is 128 g/mol. The van der Waals surface area contributed by atoms with Crippen LogP contribution in [0, 0.1) is 0 Å². The maximum atomic E-state index is 10.4. The van der Waals surface area contributed by atoms with Crippen molar-refractivity contribution in [2.75, 3.05) is 19.6 Å². The van der Waals surface area contributed by atoms with Gasteiger partial charge in [-0.1, -0.05) is 13.8 Å². The third-order valence-electron chi connectivity index (χ3n) is 1.37. The summed E-state index contributed by atoms with van der Waals surface area (Å²) in [6.07, 6.45) is 1.07. The summed E-state index contributed by atoms with van der Waals surface area (Å²) in [6.45, 7) is 6.36. The van der Waals surface area contributed by atoms with Gasteiger partial charge < -0.3 is 5.73 Å². The van der Waals surface area contributed by atoms with Gasteiger partial charge in [0.2, 0.25) is 5.91 Å². The number of likely N-dealkylation sites (N-methyl/N-ethyl adjacent to an activating group) is 1. The Bertz CT molecular complexity index is 104. The van der Waals surface area contributed by atoms with E-state index in [2.05, 4.69) is 6.92 Å². The van der Waals surface area contributed by atoms with Gasteiger partial charge in [0.15, 0.2) is 0 Å². The molecule has 0 aromatic carbocycles. The molecule has 10 heavy (non-hydrogen) atoms. The molecule has 0 fully saturated rings. The highest BCUT2D eigenvalue weighted by atomic mass is 16.1. The second-order valence-corrected chi connectivity index (χ2v) is 2.34. The van der Waals surface area contributed by atoms with Crippen LogP contribution in [-0.4, -0.2) is 30.4 Å². The van der Waals surface area contributed by atoms with E-state index in [0.29, 0.717) is 6.54 Å². The van der Waals surface area contributed by atoms with Crippen LogP contribution in [0.5, 0.6) is 0 Å². The SMILES string of the molecule is CCCN(CC)CC(N)=O. The van der Waals surface area contributed by atoms with Crippen molar-refractivity contribution in [2.45, 2.75) is 20.3 Å². The monoisotopic (exact) mass is 144 g/mol. The van der Waals surface area contributed by atoms with Crippen molar-refractivity contribution < 1.29 is 4.79 Å². The van der Waals surface area contributed by atoms with Crippen LogP contribution >= 0.6 is 0 Å². The Hall–Kier alpha value is -0.570. The molecule has 0 aromatic heterocycles. The number of carbonyl (C=O) groups is 1. The minimum absolute atomic E-state index is 0.240. The molecule has 0 atom stereocenters. The maximum Gasteiger partial charge on any atom is 0.231 e. The van der Waals surface area contributed by atoms with Crippen LogP contribution in [0.15, 0.2) is 0 Å². The highest BCUT2D eigenvalue weighted by Gasteiger charge is 2.02. The van der Waals surface area contributed by atoms with Crippen molar-refractivity contribution >= 4 is 5.91 Å². The van der Waals surface area contributed by atoms with Gasteiger partial charge in [-0.3, -0.25) is 9.69 Å². The van der Waals surface area contributed by atoms with E-state index in [1.165, 1.54) is 0 Å². The average molecular weight is 144 g/mol. The largest absolute Gasteiger partial charge is 0.369 e. The molecule has 0 spiro atoms. The lowest BCUT2D eigenvalue weighted by molar-refractivity contribution is -0.119. The zero-order chi connectivity index (χ0) is 7.98. The molecule has 1 amide bonds. The van der Waals surface area contributed by atoms with Crippen LogP contribution in [0.2, 0.25) is 0 Å². The van der Waals surface area contributed by atoms with Crippen LogP contribution in [0.1, 0.15) is 20.3 Å². The minimum Gasteiger partial charge on any atom is -0.369 e. The third-order valence-corrected chi connectivity index (χ3v) is 1.37. The summed E-state index contributed by atoms with van der Waals surface area (Å²) in [5, 5.41) is 0. The van der Waals surface area contributed by atoms with E-state index in [9.17, 15) is 4.79 Å². The van der Waals surface area contributed by atoms with Crippen LogP contribution < -0.4 is 5.73 Å². The molecule has 0 aliphatic carbocycles. The molecule has 0 aliphatic heterocycles. The van der Waals surface area contributed by atoms with Gasteiger partial charge in [0.05, 0.1) is 6.54 Å². The highest BCUT2D eigenvalue weighted by Crippen LogP contribution is 1.88. The Morgan fingerprint density at radius 3 is 2.40 bits per heavy atom. The summed E-state index contributed by atoms with van der Waals surface area (Å²) >= 11 is 0. The lowest BCUT2D eigenvalue weighted by Gasteiger charge is -2.16. The molecule has 0 heterocycles. The first-order chi connectivity index (χ1) is 4.70. The molecule has 3 heteroatoms. The normalized spacial score (nSPS) is 10.3. The van der Waals surface area contributed by atoms with Gasteiger partial charge in [-0.15, -0.1) is 0 Å². The number of hydrogen-bond donors (Lipinski definition) is 1. The first-order valence-electron chi connectivity index (χ1n) is 3.71. The van der Waals surface area contributed by atoms with E-state index < -0.39 is 0 Å². The zero-order valence-electron chi connectivity index (χ0n) is 6.76. The summed E-state index contributed by atoms with van der Waals surface area (Å²) in [6, 6.07) is 0. The first kappa shape index (κ1) is 9.43. The molecule has 3 nitrogen and oxygen atoms in total. The molecule has 0 radical (unpaired) electrons. The van der Waals surface area contributed by atoms with Crippen molar-refractivity contribution in [3.63, 3.8) is 0 Å². The Morgan fingerprint density at radius 2 is 2.10 bits per heavy atom. The highest BCUT2D eigenvalue weighted by molar-refractivity contribution is 5.75. The van der Waals surface area contributed by atoms with Crippen molar-refractivity contribution in [1.29, 1.82) is 0 Å². The Morgan fingerprint density at radius 1 is 1.50 bits per heavy atom. The number of nitrogens with zero attached hydrogens (tertiary/aromatic N) is 1. The van der Waals surface area contributed by atoms with Gasteiger partial charge in [-0.25, -0.2) is 0 Å². The number of amides is 1. The van der Waals surface area contributed by atoms with Gasteiger partial charge in [-0.05, 0) is 19.5 Å². The van der Waals surface area contributed by atoms with E-state index in [4.69, 9.17) is 5.73 Å². The zero-order valence-corrected chi connectivity index (χ0v) is 6.76. The lowest BCUT2D eigenvalue weighted by atomic mass is 10.4. The van der Waals surface area contributed by atoms with E-state index >= 15 is 0 Å². The Balaban J connectivity index is 3.49. The summed E-state index contributed by atoms with van der Waals surface area (Å²) < 4.78 is 0. The van der Waals surface area contributed by atoms with Crippen LogP contribution in [0.25, 0.3) is 0 Å². The van der Waals surface area contributed by atoms with Crippen LogP contribution in [0.4, 0.5) is 0 Å². The van der Waals surface area contributed by atoms with Crippen LogP contribution in [0.3, 0.4) is 0 Å². The van der Waals surface area contributed by atoms with Gasteiger partial charge in [0.1, 0.15) is 0 Å². The van der Waals surface area contributed by atoms with Gasteiger partial charge >= 0.3 is 0 Å². The van der Waals surface area contributed by atoms with Gasteiger partial charge in [0, 0.05) is 0 Å². The summed E-state index contributed by atoms with van der Waals surface area (Å²) in [4.78, 5) is 12.5. The number of rotatable bonds is 5. The minimum atomic E-state index is -0.240. The third kappa shape index (κ3) is 4.32. The predicted octanol–water partition coefficient (Wildman–Crippen LogP) is 0.204. The standard InChI is InChI=1S/C7H16N2O/c1-3-5-9(4-2)6-7(8)10/h3-6H2,1-2H3,(H2,8,10). The topological polar surface area (TPSA) is 46.3 Å². The van der Waals surface area contributed by atoms with E-state index in [-0.39, 0.29) is 5.91 Å². The smallest absolute Gasteiger partial charge is 0.231 e. The number of nitrogens with two attached hydrogens (primary N) is 1. The fourth-order valence-corrected chi connectivity index (χ4v) is 0.886. The fraction of sp³-hybridized carbons (Fsp3) is 0.857. The van der Waals surface area contributed by atoms with Crippen molar-refractivity contribution in [1.82, 2.24) is 4.90 Å². The molecule has 2 N–H and O–H groups in total. The van der Waals surface area contributed by atoms with Crippen LogP contribution in [-0.2, 0) is 4.79 Å². The molecule has 0 unspecified atom stereocenters. The van der Waals surface area contributed by atoms with Gasteiger partial charge in [0.25, 0.3) is 0 Å². The fourth-order valence-electron chi connectivity index (χ4n) is 0.886. The van der Waals surface area contributed by atoms with Crippen molar-refractivity contribution in [3.8, 4) is 0 Å². The molecule has 0 aromatic rings. The molecule has 60 valence electrons. The first-order valence-corrected chi connectivity index (χ1v) is 3.71. The Kier molecular flexibility index (Phi) is 4.94. The number of carbonyl (C=O) groups excluding carboxylic acids is 1. The van der Waals surface area contributed by atoms with Gasteiger partial charge in [-0.2, -0.15) is 0 Å². The number of hydrogen-bond acceptors (Lipinski definition) is 2. The lowest BCUT2D eigenvalue weighted by Crippen LogP contribution is -2.34. The predicted molar refractivity (Wildman–Crippen MR) is 41.6 cm³/mol. The molecule has 0 rings (SSSR count). The molecule has 0 saturated heterocycles. The maximum absolute atomic E-state index is 10.4. The molecule has 0 bridgehead atoms. The molecular formula is C7H16N2O. The van der Waals surface area contributed by atoms with Crippen molar-refractivity contribution in [3.05, 3.63) is 0 Å². The van der Waals surface area contributed by atoms with E-state index in [1.54, 1.807) is 0 Å². The summed E-state index contributed by atoms with van der Waals surface area (Å²) in [5.41, 5.74) is 5.02. The summed E-state index contributed by atoms with van der Waals surface area (Å²) in [7, 11) is 0. The van der Waals surface area contributed by atoms with E-state index in [0.717, 1.165) is 19.5 Å². The second kappa shape index (κ2) is 5.23. The molecule has 0 aliphatic rings. The quantitative estimate of drug-likeness (QED) is 0.599. The summed E-state index contributed by atoms with van der Waals surface area (Å²) in [5.74, 6) is -0.240. The van der Waals surface area contributed by atoms with Crippen molar-refractivity contribution in [2.24, 2.45) is 5.73 Å². The number of primary amides is 1. The van der Waals surface area contributed by atoms with E-state index in [1.807, 2.05) is 11.8 Å². The molecule has 0 saturated carbocycles. The average Bonchev–Trinajstić information content (AvgIpc) is 1.86. The second-order valence-electron chi connectivity index (χ2n) is 2.34. The Labute approximate surface area is 62.2 Å².